The highest BCUT2D eigenvalue weighted by atomic mass is 16.6. The summed E-state index contributed by atoms with van der Waals surface area (Å²) in [6, 6.07) is 7.56. The number of rotatable bonds is 5. The number of ether oxygens (including phenoxy) is 2. The van der Waals surface area contributed by atoms with E-state index in [9.17, 15) is 4.79 Å². The van der Waals surface area contributed by atoms with Crippen LogP contribution in [0.2, 0.25) is 0 Å². The molecule has 6 heteroatoms. The molecule has 0 saturated heterocycles. The van der Waals surface area contributed by atoms with Gasteiger partial charge in [-0.05, 0) is 37.5 Å². The van der Waals surface area contributed by atoms with Crippen LogP contribution in [0.5, 0.6) is 11.5 Å². The van der Waals surface area contributed by atoms with Crippen molar-refractivity contribution in [1.82, 2.24) is 15.5 Å². The maximum absolute atomic E-state index is 12.2. The van der Waals surface area contributed by atoms with Gasteiger partial charge in [0.2, 0.25) is 5.91 Å². The van der Waals surface area contributed by atoms with E-state index in [1.807, 2.05) is 45.0 Å². The smallest absolute Gasteiger partial charge is 0.220 e. The van der Waals surface area contributed by atoms with Crippen LogP contribution >= 0.6 is 0 Å². The van der Waals surface area contributed by atoms with Crippen molar-refractivity contribution in [3.05, 3.63) is 41.2 Å². The summed E-state index contributed by atoms with van der Waals surface area (Å²) in [5, 5.41) is 10.1. The second kappa shape index (κ2) is 6.95. The molecule has 0 saturated carbocycles. The molecule has 24 heavy (non-hydrogen) atoms. The van der Waals surface area contributed by atoms with E-state index < -0.39 is 0 Å². The number of aromatic amines is 1. The summed E-state index contributed by atoms with van der Waals surface area (Å²) in [7, 11) is 0. The zero-order valence-corrected chi connectivity index (χ0v) is 14.3. The minimum atomic E-state index is -0.170. The minimum absolute atomic E-state index is 0.00459. The van der Waals surface area contributed by atoms with Crippen LogP contribution < -0.4 is 14.8 Å². The lowest BCUT2D eigenvalue weighted by atomic mass is 9.95. The van der Waals surface area contributed by atoms with Crippen molar-refractivity contribution in [2.24, 2.45) is 0 Å². The second-order valence-corrected chi connectivity index (χ2v) is 6.25. The van der Waals surface area contributed by atoms with Gasteiger partial charge in [-0.25, -0.2) is 0 Å². The van der Waals surface area contributed by atoms with Gasteiger partial charge in [-0.1, -0.05) is 19.1 Å². The molecule has 0 bridgehead atoms. The van der Waals surface area contributed by atoms with E-state index >= 15 is 0 Å². The third-order valence-corrected chi connectivity index (χ3v) is 4.26. The van der Waals surface area contributed by atoms with E-state index in [4.69, 9.17) is 9.47 Å². The average Bonchev–Trinajstić information content (AvgIpc) is 2.91. The SMILES string of the molecule is Cc1n[nH]c(C)c1[C@H](C)CC(=O)NC[C@@H]1COc2ccccc2O1. The summed E-state index contributed by atoms with van der Waals surface area (Å²) in [5.74, 6) is 1.60. The maximum atomic E-state index is 12.2. The number of nitrogens with one attached hydrogen (secondary N) is 2. The Labute approximate surface area is 141 Å². The van der Waals surface area contributed by atoms with Crippen LogP contribution in [0.3, 0.4) is 0 Å². The molecule has 2 aromatic rings. The summed E-state index contributed by atoms with van der Waals surface area (Å²) in [5.41, 5.74) is 3.10. The molecule has 0 radical (unpaired) electrons. The molecule has 1 aliphatic heterocycles. The largest absolute Gasteiger partial charge is 0.486 e. The predicted molar refractivity (Wildman–Crippen MR) is 90.5 cm³/mol. The number of aryl methyl sites for hydroxylation is 2. The molecule has 0 unspecified atom stereocenters. The molecule has 3 rings (SSSR count). The Morgan fingerprint density at radius 1 is 1.38 bits per heavy atom. The number of benzene rings is 1. The number of para-hydroxylation sites is 2. The van der Waals surface area contributed by atoms with Crippen LogP contribution in [0.4, 0.5) is 0 Å². The number of aromatic nitrogens is 2. The van der Waals surface area contributed by atoms with Gasteiger partial charge in [0.05, 0.1) is 12.2 Å². The molecule has 2 N–H and O–H groups in total. The molecular weight excluding hydrogens is 306 g/mol. The van der Waals surface area contributed by atoms with Crippen LogP contribution in [0.15, 0.2) is 24.3 Å². The molecule has 0 aliphatic carbocycles. The van der Waals surface area contributed by atoms with Crippen LogP contribution in [0.25, 0.3) is 0 Å². The number of hydrogen-bond acceptors (Lipinski definition) is 4. The third kappa shape index (κ3) is 3.53. The molecule has 2 atom stereocenters. The summed E-state index contributed by atoms with van der Waals surface area (Å²) in [6.07, 6.45) is 0.252. The van der Waals surface area contributed by atoms with E-state index in [0.717, 1.165) is 28.5 Å². The fourth-order valence-corrected chi connectivity index (χ4v) is 3.13. The van der Waals surface area contributed by atoms with Crippen molar-refractivity contribution >= 4 is 5.91 Å². The van der Waals surface area contributed by atoms with Gasteiger partial charge in [-0.15, -0.1) is 0 Å². The van der Waals surface area contributed by atoms with Gasteiger partial charge in [0.15, 0.2) is 11.5 Å². The lowest BCUT2D eigenvalue weighted by Crippen LogP contribution is -2.41. The molecular formula is C18H23N3O3. The van der Waals surface area contributed by atoms with Crippen molar-refractivity contribution in [2.75, 3.05) is 13.2 Å². The highest BCUT2D eigenvalue weighted by molar-refractivity contribution is 5.77. The second-order valence-electron chi connectivity index (χ2n) is 6.25. The summed E-state index contributed by atoms with van der Waals surface area (Å²) in [4.78, 5) is 12.2. The molecule has 1 aromatic heterocycles. The Morgan fingerprint density at radius 3 is 2.83 bits per heavy atom. The van der Waals surface area contributed by atoms with Crippen LogP contribution in [0.1, 0.15) is 36.2 Å². The Morgan fingerprint density at radius 2 is 2.12 bits per heavy atom. The van der Waals surface area contributed by atoms with Gasteiger partial charge in [0, 0.05) is 12.1 Å². The molecule has 128 valence electrons. The topological polar surface area (TPSA) is 76.2 Å². The number of carbonyl (C=O) groups is 1. The summed E-state index contributed by atoms with van der Waals surface area (Å²) in [6.45, 7) is 6.85. The van der Waals surface area contributed by atoms with E-state index in [0.29, 0.717) is 19.6 Å². The number of amides is 1. The third-order valence-electron chi connectivity index (χ3n) is 4.26. The average molecular weight is 329 g/mol. The van der Waals surface area contributed by atoms with Crippen LogP contribution in [-0.4, -0.2) is 35.4 Å². The molecule has 1 amide bonds. The van der Waals surface area contributed by atoms with E-state index in [1.165, 1.54) is 0 Å². The van der Waals surface area contributed by atoms with E-state index in [-0.39, 0.29) is 17.9 Å². The number of nitrogens with zero attached hydrogens (tertiary/aromatic N) is 1. The zero-order valence-electron chi connectivity index (χ0n) is 14.3. The van der Waals surface area contributed by atoms with Crippen molar-refractivity contribution < 1.29 is 14.3 Å². The van der Waals surface area contributed by atoms with Crippen molar-refractivity contribution in [2.45, 2.75) is 39.2 Å². The number of fused-ring (bicyclic) bond motifs is 1. The van der Waals surface area contributed by atoms with E-state index in [2.05, 4.69) is 15.5 Å². The first-order valence-corrected chi connectivity index (χ1v) is 8.21. The Balaban J connectivity index is 1.50. The predicted octanol–water partition coefficient (Wildman–Crippen LogP) is 2.48. The van der Waals surface area contributed by atoms with Crippen LogP contribution in [0, 0.1) is 13.8 Å². The fraction of sp³-hybridized carbons (Fsp3) is 0.444. The molecule has 6 nitrogen and oxygen atoms in total. The first-order valence-electron chi connectivity index (χ1n) is 8.21. The number of H-pyrrole nitrogens is 1. The lowest BCUT2D eigenvalue weighted by Gasteiger charge is -2.26. The summed E-state index contributed by atoms with van der Waals surface area (Å²) >= 11 is 0. The number of carbonyl (C=O) groups excluding carboxylic acids is 1. The van der Waals surface area contributed by atoms with Gasteiger partial charge in [-0.3, -0.25) is 9.89 Å². The fourth-order valence-electron chi connectivity index (χ4n) is 3.13. The van der Waals surface area contributed by atoms with Crippen molar-refractivity contribution in [3.63, 3.8) is 0 Å². The lowest BCUT2D eigenvalue weighted by molar-refractivity contribution is -0.121. The normalized spacial score (nSPS) is 17.4. The Kier molecular flexibility index (Phi) is 4.74. The zero-order chi connectivity index (χ0) is 17.1. The molecule has 0 fully saturated rings. The Bertz CT molecular complexity index is 707. The molecule has 0 spiro atoms. The highest BCUT2D eigenvalue weighted by Crippen LogP contribution is 2.30. The first kappa shape index (κ1) is 16.4. The molecule has 1 aromatic carbocycles. The first-order chi connectivity index (χ1) is 11.5. The highest BCUT2D eigenvalue weighted by Gasteiger charge is 2.22. The minimum Gasteiger partial charge on any atom is -0.486 e. The van der Waals surface area contributed by atoms with Gasteiger partial charge >= 0.3 is 0 Å². The van der Waals surface area contributed by atoms with Crippen LogP contribution in [-0.2, 0) is 4.79 Å². The Hall–Kier alpha value is -2.50. The maximum Gasteiger partial charge on any atom is 0.220 e. The quantitative estimate of drug-likeness (QED) is 0.883. The van der Waals surface area contributed by atoms with Crippen molar-refractivity contribution in [1.29, 1.82) is 0 Å². The van der Waals surface area contributed by atoms with Gasteiger partial charge in [-0.2, -0.15) is 5.10 Å². The van der Waals surface area contributed by atoms with Gasteiger partial charge in [0.25, 0.3) is 0 Å². The molecule has 2 heterocycles. The van der Waals surface area contributed by atoms with Gasteiger partial charge in [0.1, 0.15) is 12.7 Å². The van der Waals surface area contributed by atoms with Crippen molar-refractivity contribution in [3.8, 4) is 11.5 Å². The summed E-state index contributed by atoms with van der Waals surface area (Å²) < 4.78 is 11.5. The standard InChI is InChI=1S/C18H23N3O3/c1-11(18-12(2)20-21-13(18)3)8-17(22)19-9-14-10-23-15-6-4-5-7-16(15)24-14/h4-7,11,14H,8-10H2,1-3H3,(H,19,22)(H,20,21)/t11-,14-/m1/s1. The number of hydrogen-bond donors (Lipinski definition) is 2. The van der Waals surface area contributed by atoms with Gasteiger partial charge < -0.3 is 14.8 Å². The molecule has 1 aliphatic rings. The monoisotopic (exact) mass is 329 g/mol. The van der Waals surface area contributed by atoms with E-state index in [1.54, 1.807) is 0 Å².